The highest BCUT2D eigenvalue weighted by Gasteiger charge is 2.15. The second-order valence-electron chi connectivity index (χ2n) is 4.80. The maximum Gasteiger partial charge on any atom is 0.227 e. The summed E-state index contributed by atoms with van der Waals surface area (Å²) in [4.78, 5) is 11.9. The van der Waals surface area contributed by atoms with Crippen molar-refractivity contribution in [2.24, 2.45) is 0 Å². The van der Waals surface area contributed by atoms with Crippen LogP contribution in [0.1, 0.15) is 36.5 Å². The minimum absolute atomic E-state index is 0.00157. The molecule has 102 valence electrons. The number of amides is 1. The molecule has 2 aromatic rings. The Morgan fingerprint density at radius 1 is 1.42 bits per heavy atom. The third-order valence-corrected chi connectivity index (χ3v) is 2.84. The van der Waals surface area contributed by atoms with Gasteiger partial charge < -0.3 is 9.84 Å². The first kappa shape index (κ1) is 13.3. The van der Waals surface area contributed by atoms with E-state index in [2.05, 4.69) is 15.6 Å². The minimum atomic E-state index is -0.103. The molecule has 0 spiro atoms. The molecule has 0 aliphatic heterocycles. The molecule has 0 bridgehead atoms. The van der Waals surface area contributed by atoms with Gasteiger partial charge in [-0.15, -0.1) is 0 Å². The summed E-state index contributed by atoms with van der Waals surface area (Å²) < 4.78 is 6.76. The summed E-state index contributed by atoms with van der Waals surface area (Å²) in [5.74, 6) is 1.01. The molecule has 0 aromatic carbocycles. The molecule has 0 fully saturated rings. The lowest BCUT2D eigenvalue weighted by Gasteiger charge is -2.13. The zero-order chi connectivity index (χ0) is 14.0. The molecule has 2 aromatic heterocycles. The fourth-order valence-electron chi connectivity index (χ4n) is 2.07. The summed E-state index contributed by atoms with van der Waals surface area (Å²) in [5, 5.41) is 10.8. The Morgan fingerprint density at radius 2 is 2.16 bits per heavy atom. The number of aromatic nitrogens is 3. The van der Waals surface area contributed by atoms with E-state index in [0.717, 1.165) is 11.4 Å². The number of rotatable bonds is 4. The molecule has 2 rings (SSSR count). The van der Waals surface area contributed by atoms with Gasteiger partial charge in [-0.25, -0.2) is 0 Å². The fourth-order valence-corrected chi connectivity index (χ4v) is 2.07. The van der Waals surface area contributed by atoms with Crippen LogP contribution in [-0.4, -0.2) is 20.8 Å². The van der Waals surface area contributed by atoms with Gasteiger partial charge in [-0.3, -0.25) is 9.48 Å². The molecule has 0 aliphatic carbocycles. The van der Waals surface area contributed by atoms with E-state index in [0.29, 0.717) is 18.0 Å². The van der Waals surface area contributed by atoms with Crippen LogP contribution in [0.25, 0.3) is 0 Å². The van der Waals surface area contributed by atoms with Gasteiger partial charge in [0.25, 0.3) is 0 Å². The van der Waals surface area contributed by atoms with E-state index in [1.54, 1.807) is 13.0 Å². The van der Waals surface area contributed by atoms with Crippen LogP contribution in [0.4, 0.5) is 5.82 Å². The van der Waals surface area contributed by atoms with E-state index in [1.165, 1.54) is 0 Å². The molecule has 1 amide bonds. The highest BCUT2D eigenvalue weighted by molar-refractivity contribution is 5.89. The summed E-state index contributed by atoms with van der Waals surface area (Å²) in [7, 11) is 0. The lowest BCUT2D eigenvalue weighted by molar-refractivity contribution is -0.116. The number of nitrogens with one attached hydrogen (secondary N) is 1. The van der Waals surface area contributed by atoms with Crippen LogP contribution in [0.15, 0.2) is 16.7 Å². The Bertz CT molecular complexity index is 585. The summed E-state index contributed by atoms with van der Waals surface area (Å²) in [6, 6.07) is 3.68. The van der Waals surface area contributed by atoms with Crippen molar-refractivity contribution in [2.45, 2.75) is 40.2 Å². The first-order valence-electron chi connectivity index (χ1n) is 6.21. The summed E-state index contributed by atoms with van der Waals surface area (Å²) in [6.07, 6.45) is 0.341. The molecule has 6 heteroatoms. The largest absolute Gasteiger partial charge is 0.360 e. The number of hydrogen-bond acceptors (Lipinski definition) is 4. The molecule has 0 saturated heterocycles. The van der Waals surface area contributed by atoms with E-state index in [4.69, 9.17) is 4.52 Å². The second-order valence-corrected chi connectivity index (χ2v) is 4.80. The maximum absolute atomic E-state index is 11.9. The van der Waals surface area contributed by atoms with Crippen molar-refractivity contribution < 1.29 is 9.32 Å². The van der Waals surface area contributed by atoms with Gasteiger partial charge in [-0.1, -0.05) is 5.16 Å². The monoisotopic (exact) mass is 262 g/mol. The van der Waals surface area contributed by atoms with Crippen molar-refractivity contribution in [1.29, 1.82) is 0 Å². The number of carbonyl (C=O) groups is 1. The summed E-state index contributed by atoms with van der Waals surface area (Å²) >= 11 is 0. The fraction of sp³-hybridized carbons (Fsp3) is 0.462. The van der Waals surface area contributed by atoms with Crippen LogP contribution in [0, 0.1) is 20.8 Å². The number of aryl methyl sites for hydroxylation is 3. The third kappa shape index (κ3) is 3.21. The van der Waals surface area contributed by atoms with Crippen LogP contribution in [0.5, 0.6) is 0 Å². The summed E-state index contributed by atoms with van der Waals surface area (Å²) in [6.45, 7) is 7.66. The average molecular weight is 262 g/mol. The highest BCUT2D eigenvalue weighted by Crippen LogP contribution is 2.15. The number of carbonyl (C=O) groups excluding carboxylic acids is 1. The Kier molecular flexibility index (Phi) is 3.69. The van der Waals surface area contributed by atoms with Gasteiger partial charge in [0.1, 0.15) is 5.76 Å². The number of anilines is 1. The Morgan fingerprint density at radius 3 is 2.68 bits per heavy atom. The predicted octanol–water partition coefficient (Wildman–Crippen LogP) is 2.39. The standard InChI is InChI=1S/C13H18N4O2/c1-8-5-9(2)17(15-8)10(3)6-13(18)14-12-7-11(4)19-16-12/h5,7,10H,6H2,1-4H3,(H,14,16,18)/t10-/m0/s1. The molecule has 0 saturated carbocycles. The van der Waals surface area contributed by atoms with E-state index in [-0.39, 0.29) is 11.9 Å². The van der Waals surface area contributed by atoms with Gasteiger partial charge in [0.15, 0.2) is 5.82 Å². The van der Waals surface area contributed by atoms with Crippen LogP contribution in [0.2, 0.25) is 0 Å². The van der Waals surface area contributed by atoms with Gasteiger partial charge in [0.2, 0.25) is 5.91 Å². The maximum atomic E-state index is 11.9. The molecule has 0 aliphatic rings. The SMILES string of the molecule is Cc1cc(C)n([C@@H](C)CC(=O)Nc2cc(C)on2)n1. The van der Waals surface area contributed by atoms with Gasteiger partial charge in [-0.2, -0.15) is 5.10 Å². The zero-order valence-corrected chi connectivity index (χ0v) is 11.6. The Labute approximate surface area is 111 Å². The van der Waals surface area contributed by atoms with Gasteiger partial charge >= 0.3 is 0 Å². The first-order valence-corrected chi connectivity index (χ1v) is 6.21. The lowest BCUT2D eigenvalue weighted by atomic mass is 10.2. The molecule has 0 unspecified atom stereocenters. The highest BCUT2D eigenvalue weighted by atomic mass is 16.5. The van der Waals surface area contributed by atoms with Crippen molar-refractivity contribution in [1.82, 2.24) is 14.9 Å². The molecule has 1 atom stereocenters. The predicted molar refractivity (Wildman–Crippen MR) is 70.9 cm³/mol. The van der Waals surface area contributed by atoms with E-state index in [9.17, 15) is 4.79 Å². The molecule has 2 heterocycles. The van der Waals surface area contributed by atoms with Crippen molar-refractivity contribution in [3.8, 4) is 0 Å². The van der Waals surface area contributed by atoms with E-state index in [1.807, 2.05) is 31.5 Å². The second kappa shape index (κ2) is 5.26. The first-order chi connectivity index (χ1) is 8.95. The zero-order valence-electron chi connectivity index (χ0n) is 11.6. The van der Waals surface area contributed by atoms with Crippen LogP contribution < -0.4 is 5.32 Å². The van der Waals surface area contributed by atoms with Crippen molar-refractivity contribution >= 4 is 11.7 Å². The van der Waals surface area contributed by atoms with E-state index < -0.39 is 0 Å². The Balaban J connectivity index is 1.97. The molecule has 6 nitrogen and oxygen atoms in total. The van der Waals surface area contributed by atoms with Crippen molar-refractivity contribution in [3.63, 3.8) is 0 Å². The average Bonchev–Trinajstić information content (AvgIpc) is 2.84. The third-order valence-electron chi connectivity index (χ3n) is 2.84. The van der Waals surface area contributed by atoms with Crippen molar-refractivity contribution in [3.05, 3.63) is 29.3 Å². The quantitative estimate of drug-likeness (QED) is 0.918. The van der Waals surface area contributed by atoms with Crippen LogP contribution in [0.3, 0.4) is 0 Å². The molecular weight excluding hydrogens is 244 g/mol. The van der Waals surface area contributed by atoms with Crippen LogP contribution >= 0.6 is 0 Å². The topological polar surface area (TPSA) is 73.0 Å². The van der Waals surface area contributed by atoms with Crippen molar-refractivity contribution in [2.75, 3.05) is 5.32 Å². The molecular formula is C13H18N4O2. The van der Waals surface area contributed by atoms with Gasteiger partial charge in [0, 0.05) is 18.2 Å². The number of nitrogens with zero attached hydrogens (tertiary/aromatic N) is 3. The van der Waals surface area contributed by atoms with Crippen LogP contribution in [-0.2, 0) is 4.79 Å². The minimum Gasteiger partial charge on any atom is -0.360 e. The number of hydrogen-bond donors (Lipinski definition) is 1. The van der Waals surface area contributed by atoms with Gasteiger partial charge in [0.05, 0.1) is 11.7 Å². The molecule has 0 radical (unpaired) electrons. The normalized spacial score (nSPS) is 12.4. The van der Waals surface area contributed by atoms with E-state index >= 15 is 0 Å². The summed E-state index contributed by atoms with van der Waals surface area (Å²) in [5.41, 5.74) is 2.01. The lowest BCUT2D eigenvalue weighted by Crippen LogP contribution is -2.19. The molecule has 1 N–H and O–H groups in total. The Hall–Kier alpha value is -2.11. The van der Waals surface area contributed by atoms with Gasteiger partial charge in [-0.05, 0) is 33.8 Å². The molecule has 19 heavy (non-hydrogen) atoms. The smallest absolute Gasteiger partial charge is 0.227 e.